The van der Waals surface area contributed by atoms with Gasteiger partial charge in [-0.1, -0.05) is 6.42 Å². The van der Waals surface area contributed by atoms with Crippen molar-refractivity contribution in [3.63, 3.8) is 0 Å². The summed E-state index contributed by atoms with van der Waals surface area (Å²) in [4.78, 5) is 0. The fourth-order valence-corrected chi connectivity index (χ4v) is 3.84. The van der Waals surface area contributed by atoms with Crippen molar-refractivity contribution in [3.8, 4) is 0 Å². The van der Waals surface area contributed by atoms with Crippen molar-refractivity contribution in [2.45, 2.75) is 57.4 Å². The van der Waals surface area contributed by atoms with Crippen LogP contribution in [0.2, 0.25) is 0 Å². The molecule has 0 saturated heterocycles. The molecule has 94 valence electrons. The number of hydrogen-bond acceptors (Lipinski definition) is 2. The highest BCUT2D eigenvalue weighted by molar-refractivity contribution is 7.80. The van der Waals surface area contributed by atoms with Crippen LogP contribution in [0.25, 0.3) is 0 Å². The van der Waals surface area contributed by atoms with Crippen molar-refractivity contribution in [2.75, 3.05) is 0 Å². The molecule has 3 atom stereocenters. The molecule has 0 aromatic carbocycles. The molecule has 0 radical (unpaired) electrons. The molecule has 0 heterocycles. The average molecular weight is 251 g/mol. The maximum Gasteiger partial charge on any atom is 0.187 e. The number of rotatable bonds is 2. The first-order valence-electron chi connectivity index (χ1n) is 6.93. The summed E-state index contributed by atoms with van der Waals surface area (Å²) in [5.41, 5.74) is 4.30. The SMILES string of the molecule is S=C(NN=C1CCCC1)N[C@@H]1C[C@H]2CC[C@H]1C2. The van der Waals surface area contributed by atoms with Gasteiger partial charge in [0.25, 0.3) is 0 Å². The van der Waals surface area contributed by atoms with Gasteiger partial charge in [0.1, 0.15) is 0 Å². The molecule has 17 heavy (non-hydrogen) atoms. The largest absolute Gasteiger partial charge is 0.358 e. The van der Waals surface area contributed by atoms with Crippen LogP contribution in [0.1, 0.15) is 51.4 Å². The monoisotopic (exact) mass is 251 g/mol. The first kappa shape index (κ1) is 11.5. The zero-order valence-corrected chi connectivity index (χ0v) is 11.1. The van der Waals surface area contributed by atoms with Crippen LogP contribution in [-0.2, 0) is 0 Å². The molecule has 0 aromatic heterocycles. The molecule has 2 N–H and O–H groups in total. The Morgan fingerprint density at radius 3 is 2.65 bits per heavy atom. The highest BCUT2D eigenvalue weighted by Gasteiger charge is 2.39. The zero-order valence-electron chi connectivity index (χ0n) is 10.2. The Bertz CT molecular complexity index is 332. The van der Waals surface area contributed by atoms with Gasteiger partial charge in [-0.25, -0.2) is 0 Å². The van der Waals surface area contributed by atoms with Crippen LogP contribution in [-0.4, -0.2) is 16.9 Å². The van der Waals surface area contributed by atoms with Crippen LogP contribution >= 0.6 is 12.2 Å². The standard InChI is InChI=1S/C13H21N3S/c17-13(16-15-11-3-1-2-4-11)14-12-8-9-5-6-10(12)7-9/h9-10,12H,1-8H2,(H2,14,16,17)/t9-,10-,12+/m0/s1. The lowest BCUT2D eigenvalue weighted by molar-refractivity contribution is 0.389. The van der Waals surface area contributed by atoms with E-state index in [1.165, 1.54) is 44.2 Å². The number of fused-ring (bicyclic) bond motifs is 2. The van der Waals surface area contributed by atoms with Crippen molar-refractivity contribution in [1.82, 2.24) is 10.7 Å². The normalized spacial score (nSPS) is 35.1. The van der Waals surface area contributed by atoms with Crippen molar-refractivity contribution in [2.24, 2.45) is 16.9 Å². The van der Waals surface area contributed by atoms with Crippen LogP contribution in [0.15, 0.2) is 5.10 Å². The Kier molecular flexibility index (Phi) is 3.32. The lowest BCUT2D eigenvalue weighted by Gasteiger charge is -2.23. The average Bonchev–Trinajstić information content (AvgIpc) is 3.03. The minimum Gasteiger partial charge on any atom is -0.358 e. The van der Waals surface area contributed by atoms with Gasteiger partial charge in [0.15, 0.2) is 5.11 Å². The molecule has 0 unspecified atom stereocenters. The second kappa shape index (κ2) is 4.92. The van der Waals surface area contributed by atoms with Crippen LogP contribution < -0.4 is 10.7 Å². The van der Waals surface area contributed by atoms with Crippen LogP contribution in [0.4, 0.5) is 0 Å². The molecule has 0 spiro atoms. The summed E-state index contributed by atoms with van der Waals surface area (Å²) in [5, 5.41) is 8.56. The molecule has 2 bridgehead atoms. The molecule has 3 aliphatic carbocycles. The summed E-state index contributed by atoms with van der Waals surface area (Å²) in [5.74, 6) is 1.82. The Balaban J connectivity index is 1.45. The third-order valence-electron chi connectivity index (χ3n) is 4.55. The molecule has 0 aliphatic heterocycles. The molecule has 3 fully saturated rings. The maximum absolute atomic E-state index is 5.31. The van der Waals surface area contributed by atoms with Gasteiger partial charge in [-0.05, 0) is 69.0 Å². The number of hydrazone groups is 1. The van der Waals surface area contributed by atoms with E-state index in [1.54, 1.807) is 0 Å². The molecule has 3 aliphatic rings. The predicted octanol–water partition coefficient (Wildman–Crippen LogP) is 2.57. The first-order chi connectivity index (χ1) is 8.31. The third kappa shape index (κ3) is 2.62. The second-order valence-electron chi connectivity index (χ2n) is 5.75. The lowest BCUT2D eigenvalue weighted by atomic mass is 9.96. The van der Waals surface area contributed by atoms with Gasteiger partial charge in [0, 0.05) is 11.8 Å². The molecule has 0 aromatic rings. The Morgan fingerprint density at radius 1 is 1.18 bits per heavy atom. The third-order valence-corrected chi connectivity index (χ3v) is 4.76. The highest BCUT2D eigenvalue weighted by atomic mass is 32.1. The van der Waals surface area contributed by atoms with E-state index in [0.717, 1.165) is 29.8 Å². The van der Waals surface area contributed by atoms with Crippen LogP contribution in [0.3, 0.4) is 0 Å². The number of nitrogens with zero attached hydrogens (tertiary/aromatic N) is 1. The second-order valence-corrected chi connectivity index (χ2v) is 6.16. The van der Waals surface area contributed by atoms with Crippen molar-refractivity contribution in [3.05, 3.63) is 0 Å². The molecule has 4 heteroatoms. The summed E-state index contributed by atoms with van der Waals surface area (Å²) in [6, 6.07) is 0.609. The lowest BCUT2D eigenvalue weighted by Crippen LogP contribution is -2.42. The fourth-order valence-electron chi connectivity index (χ4n) is 3.65. The van der Waals surface area contributed by atoms with E-state index in [-0.39, 0.29) is 0 Å². The Labute approximate surface area is 108 Å². The molecular formula is C13H21N3S. The summed E-state index contributed by atoms with van der Waals surface area (Å²) >= 11 is 5.31. The number of hydrogen-bond donors (Lipinski definition) is 2. The van der Waals surface area contributed by atoms with E-state index in [4.69, 9.17) is 12.2 Å². The summed E-state index contributed by atoms with van der Waals surface area (Å²) < 4.78 is 0. The van der Waals surface area contributed by atoms with E-state index in [9.17, 15) is 0 Å². The van der Waals surface area contributed by atoms with Crippen LogP contribution in [0.5, 0.6) is 0 Å². The van der Waals surface area contributed by atoms with Gasteiger partial charge in [0.05, 0.1) is 0 Å². The van der Waals surface area contributed by atoms with Crippen molar-refractivity contribution < 1.29 is 0 Å². The predicted molar refractivity (Wildman–Crippen MR) is 74.0 cm³/mol. The molecule has 3 nitrogen and oxygen atoms in total. The van der Waals surface area contributed by atoms with Crippen LogP contribution in [0, 0.1) is 11.8 Å². The molecular weight excluding hydrogens is 230 g/mol. The Hall–Kier alpha value is -0.640. The summed E-state index contributed by atoms with van der Waals surface area (Å²) in [6.07, 6.45) is 10.4. The van der Waals surface area contributed by atoms with Gasteiger partial charge in [0.2, 0.25) is 0 Å². The number of thiocarbonyl (C=S) groups is 1. The first-order valence-corrected chi connectivity index (χ1v) is 7.34. The van der Waals surface area contributed by atoms with E-state index >= 15 is 0 Å². The molecule has 3 rings (SSSR count). The van der Waals surface area contributed by atoms with Gasteiger partial charge in [-0.15, -0.1) is 0 Å². The minimum absolute atomic E-state index is 0.609. The quantitative estimate of drug-likeness (QED) is 0.585. The Morgan fingerprint density at radius 2 is 2.00 bits per heavy atom. The fraction of sp³-hybridized carbons (Fsp3) is 0.846. The van der Waals surface area contributed by atoms with Gasteiger partial charge in [-0.3, -0.25) is 5.43 Å². The zero-order chi connectivity index (χ0) is 11.7. The highest BCUT2D eigenvalue weighted by Crippen LogP contribution is 2.44. The van der Waals surface area contributed by atoms with E-state index < -0.39 is 0 Å². The van der Waals surface area contributed by atoms with Gasteiger partial charge in [-0.2, -0.15) is 5.10 Å². The minimum atomic E-state index is 0.609. The maximum atomic E-state index is 5.31. The number of nitrogens with one attached hydrogen (secondary N) is 2. The smallest absolute Gasteiger partial charge is 0.187 e. The van der Waals surface area contributed by atoms with Gasteiger partial charge >= 0.3 is 0 Å². The van der Waals surface area contributed by atoms with E-state index in [0.29, 0.717) is 6.04 Å². The molecule has 3 saturated carbocycles. The summed E-state index contributed by atoms with van der Waals surface area (Å²) in [6.45, 7) is 0. The van der Waals surface area contributed by atoms with Crippen molar-refractivity contribution in [1.29, 1.82) is 0 Å². The van der Waals surface area contributed by atoms with Crippen molar-refractivity contribution >= 4 is 23.0 Å². The topological polar surface area (TPSA) is 36.4 Å². The summed E-state index contributed by atoms with van der Waals surface area (Å²) in [7, 11) is 0. The van der Waals surface area contributed by atoms with E-state index in [1.807, 2.05) is 0 Å². The molecule has 0 amide bonds. The van der Waals surface area contributed by atoms with E-state index in [2.05, 4.69) is 15.8 Å². The van der Waals surface area contributed by atoms with Gasteiger partial charge < -0.3 is 5.32 Å².